The van der Waals surface area contributed by atoms with Crippen LogP contribution in [0.1, 0.15) is 18.5 Å². The summed E-state index contributed by atoms with van der Waals surface area (Å²) in [7, 11) is 1.79. The third kappa shape index (κ3) is 1.95. The molecule has 18 heavy (non-hydrogen) atoms. The van der Waals surface area contributed by atoms with Gasteiger partial charge in [-0.2, -0.15) is 9.61 Å². The summed E-state index contributed by atoms with van der Waals surface area (Å²) >= 11 is 0. The smallest absolute Gasteiger partial charge is 0.157 e. The molecular weight excluding hydrogens is 228 g/mol. The van der Waals surface area contributed by atoms with Gasteiger partial charge in [0.25, 0.3) is 0 Å². The summed E-state index contributed by atoms with van der Waals surface area (Å²) in [5.41, 5.74) is 1.95. The maximum absolute atomic E-state index is 5.41. The number of piperidine rings is 1. The number of ether oxygens (including phenoxy) is 1. The van der Waals surface area contributed by atoms with Crippen molar-refractivity contribution in [2.45, 2.75) is 25.9 Å². The van der Waals surface area contributed by atoms with Crippen LogP contribution in [-0.4, -0.2) is 40.9 Å². The molecule has 0 saturated carbocycles. The number of fused-ring (bicyclic) bond motifs is 1. The summed E-state index contributed by atoms with van der Waals surface area (Å²) in [5.74, 6) is 1.14. The molecule has 0 aromatic carbocycles. The molecule has 2 aromatic rings. The van der Waals surface area contributed by atoms with Crippen LogP contribution < -0.4 is 4.90 Å². The molecule has 0 atom stereocenters. The highest BCUT2D eigenvalue weighted by molar-refractivity contribution is 5.50. The summed E-state index contributed by atoms with van der Waals surface area (Å²) in [5, 5.41) is 4.36. The van der Waals surface area contributed by atoms with Gasteiger partial charge in [-0.1, -0.05) is 0 Å². The Balaban J connectivity index is 1.92. The first-order chi connectivity index (χ1) is 8.78. The maximum Gasteiger partial charge on any atom is 0.157 e. The van der Waals surface area contributed by atoms with E-state index in [9.17, 15) is 0 Å². The molecule has 5 nitrogen and oxygen atoms in total. The van der Waals surface area contributed by atoms with Crippen molar-refractivity contribution in [1.29, 1.82) is 0 Å². The Labute approximate surface area is 106 Å². The van der Waals surface area contributed by atoms with Crippen molar-refractivity contribution >= 4 is 11.5 Å². The number of nitrogens with zero attached hydrogens (tertiary/aromatic N) is 4. The van der Waals surface area contributed by atoms with Gasteiger partial charge in [-0.25, -0.2) is 4.98 Å². The SMILES string of the molecule is COC1CCN(c2cc(C)nc3ccnn23)CC1. The molecular formula is C13H18N4O. The first kappa shape index (κ1) is 11.5. The molecule has 0 aliphatic carbocycles. The van der Waals surface area contributed by atoms with Crippen molar-refractivity contribution in [2.24, 2.45) is 0 Å². The molecule has 5 heteroatoms. The van der Waals surface area contributed by atoms with Gasteiger partial charge < -0.3 is 9.64 Å². The summed E-state index contributed by atoms with van der Waals surface area (Å²) in [6.45, 7) is 4.05. The van der Waals surface area contributed by atoms with Gasteiger partial charge in [-0.15, -0.1) is 0 Å². The molecule has 0 N–H and O–H groups in total. The van der Waals surface area contributed by atoms with Crippen LogP contribution in [0.25, 0.3) is 5.65 Å². The van der Waals surface area contributed by atoms with Gasteiger partial charge >= 0.3 is 0 Å². The molecule has 0 spiro atoms. The van der Waals surface area contributed by atoms with Crippen LogP contribution in [0.4, 0.5) is 5.82 Å². The van der Waals surface area contributed by atoms with Crippen LogP contribution in [-0.2, 0) is 4.74 Å². The standard InChI is InChI=1S/C13H18N4O/c1-10-9-13(17-12(15-10)3-6-14-17)16-7-4-11(18-2)5-8-16/h3,6,9,11H,4-5,7-8H2,1-2H3. The number of aryl methyl sites for hydroxylation is 1. The minimum atomic E-state index is 0.400. The number of rotatable bonds is 2. The minimum Gasteiger partial charge on any atom is -0.381 e. The molecule has 0 amide bonds. The van der Waals surface area contributed by atoms with E-state index in [1.165, 1.54) is 0 Å². The molecule has 3 rings (SSSR count). The van der Waals surface area contributed by atoms with Gasteiger partial charge in [-0.05, 0) is 19.8 Å². The van der Waals surface area contributed by atoms with E-state index in [2.05, 4.69) is 21.0 Å². The molecule has 3 heterocycles. The van der Waals surface area contributed by atoms with Crippen molar-refractivity contribution < 1.29 is 4.74 Å². The third-order valence-corrected chi connectivity index (χ3v) is 3.57. The highest BCUT2D eigenvalue weighted by atomic mass is 16.5. The van der Waals surface area contributed by atoms with E-state index in [1.807, 2.05) is 17.5 Å². The molecule has 0 radical (unpaired) electrons. The number of aromatic nitrogens is 3. The molecule has 2 aromatic heterocycles. The Hall–Kier alpha value is -1.62. The van der Waals surface area contributed by atoms with E-state index in [1.54, 1.807) is 13.3 Å². The van der Waals surface area contributed by atoms with Crippen LogP contribution in [0.5, 0.6) is 0 Å². The summed E-state index contributed by atoms with van der Waals surface area (Å²) in [6, 6.07) is 4.05. The zero-order valence-electron chi connectivity index (χ0n) is 10.8. The Morgan fingerprint density at radius 3 is 2.83 bits per heavy atom. The lowest BCUT2D eigenvalue weighted by Gasteiger charge is -2.32. The molecule has 1 fully saturated rings. The largest absolute Gasteiger partial charge is 0.381 e. The average molecular weight is 246 g/mol. The molecule has 0 unspecified atom stereocenters. The van der Waals surface area contributed by atoms with Crippen molar-refractivity contribution in [3.8, 4) is 0 Å². The van der Waals surface area contributed by atoms with Crippen molar-refractivity contribution in [2.75, 3.05) is 25.1 Å². The van der Waals surface area contributed by atoms with Crippen LogP contribution in [0.15, 0.2) is 18.3 Å². The zero-order valence-corrected chi connectivity index (χ0v) is 10.8. The molecule has 1 saturated heterocycles. The van der Waals surface area contributed by atoms with Crippen LogP contribution in [0.2, 0.25) is 0 Å². The average Bonchev–Trinajstić information content (AvgIpc) is 2.86. The second-order valence-corrected chi connectivity index (χ2v) is 4.78. The highest BCUT2D eigenvalue weighted by Crippen LogP contribution is 2.22. The third-order valence-electron chi connectivity index (χ3n) is 3.57. The monoisotopic (exact) mass is 246 g/mol. The quantitative estimate of drug-likeness (QED) is 0.808. The normalized spacial score (nSPS) is 17.6. The number of methoxy groups -OCH3 is 1. The topological polar surface area (TPSA) is 42.7 Å². The molecule has 96 valence electrons. The van der Waals surface area contributed by atoms with E-state index in [0.717, 1.165) is 43.1 Å². The lowest BCUT2D eigenvalue weighted by atomic mass is 10.1. The van der Waals surface area contributed by atoms with E-state index in [0.29, 0.717) is 6.10 Å². The summed E-state index contributed by atoms with van der Waals surface area (Å²) in [6.07, 6.45) is 4.34. The summed E-state index contributed by atoms with van der Waals surface area (Å²) < 4.78 is 7.33. The van der Waals surface area contributed by atoms with Crippen molar-refractivity contribution in [3.63, 3.8) is 0 Å². The fourth-order valence-corrected chi connectivity index (χ4v) is 2.56. The predicted octanol–water partition coefficient (Wildman–Crippen LogP) is 1.65. The fraction of sp³-hybridized carbons (Fsp3) is 0.538. The van der Waals surface area contributed by atoms with Crippen LogP contribution in [0.3, 0.4) is 0 Å². The van der Waals surface area contributed by atoms with Gasteiger partial charge in [0.1, 0.15) is 5.82 Å². The first-order valence-electron chi connectivity index (χ1n) is 6.37. The number of hydrogen-bond donors (Lipinski definition) is 0. The van der Waals surface area contributed by atoms with Crippen LogP contribution >= 0.6 is 0 Å². The Bertz CT molecular complexity index is 543. The van der Waals surface area contributed by atoms with E-state index in [-0.39, 0.29) is 0 Å². The Morgan fingerprint density at radius 2 is 2.11 bits per heavy atom. The summed E-state index contributed by atoms with van der Waals surface area (Å²) in [4.78, 5) is 6.84. The maximum atomic E-state index is 5.41. The van der Waals surface area contributed by atoms with Gasteiger partial charge in [0.15, 0.2) is 5.65 Å². The second-order valence-electron chi connectivity index (χ2n) is 4.78. The lowest BCUT2D eigenvalue weighted by Crippen LogP contribution is -2.37. The van der Waals surface area contributed by atoms with Gasteiger partial charge in [0, 0.05) is 38.0 Å². The van der Waals surface area contributed by atoms with E-state index >= 15 is 0 Å². The molecule has 0 bridgehead atoms. The Kier molecular flexibility index (Phi) is 2.91. The highest BCUT2D eigenvalue weighted by Gasteiger charge is 2.21. The van der Waals surface area contributed by atoms with Crippen molar-refractivity contribution in [1.82, 2.24) is 14.6 Å². The number of hydrogen-bond acceptors (Lipinski definition) is 4. The zero-order chi connectivity index (χ0) is 12.5. The fourth-order valence-electron chi connectivity index (χ4n) is 2.56. The van der Waals surface area contributed by atoms with Gasteiger partial charge in [0.05, 0.1) is 12.3 Å². The first-order valence-corrected chi connectivity index (χ1v) is 6.37. The van der Waals surface area contributed by atoms with Gasteiger partial charge in [-0.3, -0.25) is 0 Å². The Morgan fingerprint density at radius 1 is 1.33 bits per heavy atom. The molecule has 1 aliphatic heterocycles. The second kappa shape index (κ2) is 4.57. The molecule has 1 aliphatic rings. The van der Waals surface area contributed by atoms with Crippen LogP contribution in [0, 0.1) is 6.92 Å². The lowest BCUT2D eigenvalue weighted by molar-refractivity contribution is 0.0817. The van der Waals surface area contributed by atoms with E-state index in [4.69, 9.17) is 4.74 Å². The van der Waals surface area contributed by atoms with E-state index < -0.39 is 0 Å². The van der Waals surface area contributed by atoms with Gasteiger partial charge in [0.2, 0.25) is 0 Å². The minimum absolute atomic E-state index is 0.400. The number of anilines is 1. The predicted molar refractivity (Wildman–Crippen MR) is 70.0 cm³/mol. The van der Waals surface area contributed by atoms with Crippen molar-refractivity contribution in [3.05, 3.63) is 24.0 Å².